The molecule has 3 nitrogen and oxygen atoms in total. The highest BCUT2D eigenvalue weighted by atomic mass is 16.5. The van der Waals surface area contributed by atoms with E-state index in [2.05, 4.69) is 32.7 Å². The summed E-state index contributed by atoms with van der Waals surface area (Å²) in [6.45, 7) is 8.24. The molecule has 0 saturated heterocycles. The maximum atomic E-state index is 5.89. The fraction of sp³-hybridized carbons (Fsp3) is 0.571. The fourth-order valence-corrected chi connectivity index (χ4v) is 1.75. The zero-order valence-electron chi connectivity index (χ0n) is 11.4. The predicted octanol–water partition coefficient (Wildman–Crippen LogP) is 3.15. The third kappa shape index (κ3) is 4.17. The zero-order chi connectivity index (χ0) is 12.8. The van der Waals surface area contributed by atoms with Crippen LogP contribution in [0.4, 0.5) is 11.4 Å². The predicted molar refractivity (Wildman–Crippen MR) is 74.7 cm³/mol. The van der Waals surface area contributed by atoms with E-state index in [0.29, 0.717) is 18.2 Å². The summed E-state index contributed by atoms with van der Waals surface area (Å²) >= 11 is 0. The smallest absolute Gasteiger partial charge is 0.144 e. The minimum Gasteiger partial charge on any atom is -0.491 e. The number of nitrogens with zero attached hydrogens (tertiary/aromatic N) is 1. The maximum absolute atomic E-state index is 5.89. The minimum absolute atomic E-state index is 0.637. The van der Waals surface area contributed by atoms with E-state index in [0.717, 1.165) is 24.4 Å². The Kier molecular flexibility index (Phi) is 5.13. The van der Waals surface area contributed by atoms with Gasteiger partial charge in [-0.2, -0.15) is 0 Å². The summed E-state index contributed by atoms with van der Waals surface area (Å²) in [5.41, 5.74) is 7.75. The van der Waals surface area contributed by atoms with Gasteiger partial charge in [-0.15, -0.1) is 0 Å². The van der Waals surface area contributed by atoms with E-state index in [1.54, 1.807) is 0 Å². The van der Waals surface area contributed by atoms with Crippen molar-refractivity contribution in [1.29, 1.82) is 0 Å². The van der Waals surface area contributed by atoms with E-state index in [1.165, 1.54) is 0 Å². The Balaban J connectivity index is 2.80. The molecule has 1 aromatic rings. The van der Waals surface area contributed by atoms with Crippen LogP contribution in [-0.2, 0) is 0 Å². The van der Waals surface area contributed by atoms with Gasteiger partial charge in [0.2, 0.25) is 0 Å². The summed E-state index contributed by atoms with van der Waals surface area (Å²) in [5, 5.41) is 0. The number of anilines is 2. The van der Waals surface area contributed by atoms with E-state index in [4.69, 9.17) is 10.5 Å². The molecular weight excluding hydrogens is 212 g/mol. The Morgan fingerprint density at radius 2 is 2.06 bits per heavy atom. The topological polar surface area (TPSA) is 38.5 Å². The first-order valence-corrected chi connectivity index (χ1v) is 6.28. The molecule has 0 aliphatic rings. The number of rotatable bonds is 6. The molecule has 1 aromatic carbocycles. The number of hydrogen-bond donors (Lipinski definition) is 1. The molecule has 0 radical (unpaired) electrons. The van der Waals surface area contributed by atoms with Crippen LogP contribution < -0.4 is 15.4 Å². The highest BCUT2D eigenvalue weighted by Crippen LogP contribution is 2.27. The van der Waals surface area contributed by atoms with Crippen molar-refractivity contribution in [1.82, 2.24) is 0 Å². The van der Waals surface area contributed by atoms with Crippen LogP contribution in [0, 0.1) is 5.92 Å². The largest absolute Gasteiger partial charge is 0.491 e. The SMILES string of the molecule is CCCOc1cc(N(C)CC(C)C)ccc1N. The van der Waals surface area contributed by atoms with Gasteiger partial charge >= 0.3 is 0 Å². The van der Waals surface area contributed by atoms with Crippen molar-refractivity contribution in [3.63, 3.8) is 0 Å². The second-order valence-corrected chi connectivity index (χ2v) is 4.84. The van der Waals surface area contributed by atoms with Gasteiger partial charge in [-0.3, -0.25) is 0 Å². The average molecular weight is 236 g/mol. The molecule has 2 N–H and O–H groups in total. The molecule has 0 bridgehead atoms. The van der Waals surface area contributed by atoms with Crippen molar-refractivity contribution in [2.75, 3.05) is 30.8 Å². The number of nitrogens with two attached hydrogens (primary N) is 1. The van der Waals surface area contributed by atoms with Crippen LogP contribution in [0.3, 0.4) is 0 Å². The summed E-state index contributed by atoms with van der Waals surface area (Å²) in [4.78, 5) is 2.23. The molecule has 1 rings (SSSR count). The highest BCUT2D eigenvalue weighted by Gasteiger charge is 2.07. The van der Waals surface area contributed by atoms with E-state index < -0.39 is 0 Å². The third-order valence-electron chi connectivity index (χ3n) is 2.54. The van der Waals surface area contributed by atoms with E-state index in [1.807, 2.05) is 18.2 Å². The molecule has 17 heavy (non-hydrogen) atoms. The zero-order valence-corrected chi connectivity index (χ0v) is 11.4. The van der Waals surface area contributed by atoms with Crippen molar-refractivity contribution >= 4 is 11.4 Å². The lowest BCUT2D eigenvalue weighted by molar-refractivity contribution is 0.319. The lowest BCUT2D eigenvalue weighted by atomic mass is 10.2. The van der Waals surface area contributed by atoms with Gasteiger partial charge in [0, 0.05) is 25.3 Å². The molecule has 0 aromatic heterocycles. The first-order valence-electron chi connectivity index (χ1n) is 6.28. The maximum Gasteiger partial charge on any atom is 0.144 e. The summed E-state index contributed by atoms with van der Waals surface area (Å²) in [7, 11) is 2.09. The molecule has 0 aliphatic carbocycles. The van der Waals surface area contributed by atoms with E-state index in [9.17, 15) is 0 Å². The molecule has 0 heterocycles. The van der Waals surface area contributed by atoms with Crippen molar-refractivity contribution in [2.24, 2.45) is 5.92 Å². The molecule has 0 unspecified atom stereocenters. The molecule has 0 aliphatic heterocycles. The van der Waals surface area contributed by atoms with Crippen LogP contribution >= 0.6 is 0 Å². The standard InChI is InChI=1S/C14H24N2O/c1-5-8-17-14-9-12(6-7-13(14)15)16(4)10-11(2)3/h6-7,9,11H,5,8,10,15H2,1-4H3. The Hall–Kier alpha value is -1.38. The van der Waals surface area contributed by atoms with Crippen LogP contribution in [0.25, 0.3) is 0 Å². The second kappa shape index (κ2) is 6.38. The lowest BCUT2D eigenvalue weighted by Gasteiger charge is -2.22. The quantitative estimate of drug-likeness (QED) is 0.771. The van der Waals surface area contributed by atoms with Gasteiger partial charge in [0.15, 0.2) is 0 Å². The van der Waals surface area contributed by atoms with Crippen LogP contribution in [-0.4, -0.2) is 20.2 Å². The number of benzene rings is 1. The van der Waals surface area contributed by atoms with Gasteiger partial charge in [0.05, 0.1) is 12.3 Å². The molecule has 0 atom stereocenters. The monoisotopic (exact) mass is 236 g/mol. The highest BCUT2D eigenvalue weighted by molar-refractivity contribution is 5.62. The van der Waals surface area contributed by atoms with Crippen LogP contribution in [0.2, 0.25) is 0 Å². The van der Waals surface area contributed by atoms with Gasteiger partial charge in [0.25, 0.3) is 0 Å². The minimum atomic E-state index is 0.637. The van der Waals surface area contributed by atoms with Gasteiger partial charge in [0.1, 0.15) is 5.75 Å². The summed E-state index contributed by atoms with van der Waals surface area (Å²) < 4.78 is 5.63. The molecule has 0 saturated carbocycles. The fourth-order valence-electron chi connectivity index (χ4n) is 1.75. The number of hydrogen-bond acceptors (Lipinski definition) is 3. The molecule has 0 fully saturated rings. The summed E-state index contributed by atoms with van der Waals surface area (Å²) in [6, 6.07) is 5.97. The van der Waals surface area contributed by atoms with Crippen molar-refractivity contribution in [2.45, 2.75) is 27.2 Å². The second-order valence-electron chi connectivity index (χ2n) is 4.84. The normalized spacial score (nSPS) is 10.6. The Morgan fingerprint density at radius 3 is 2.65 bits per heavy atom. The van der Waals surface area contributed by atoms with Crippen LogP contribution in [0.1, 0.15) is 27.2 Å². The first kappa shape index (κ1) is 13.7. The first-order chi connectivity index (χ1) is 8.04. The molecule has 96 valence electrons. The number of ether oxygens (including phenoxy) is 1. The third-order valence-corrected chi connectivity index (χ3v) is 2.54. The van der Waals surface area contributed by atoms with Crippen LogP contribution in [0.15, 0.2) is 18.2 Å². The van der Waals surface area contributed by atoms with Gasteiger partial charge in [-0.25, -0.2) is 0 Å². The molecule has 0 amide bonds. The van der Waals surface area contributed by atoms with Gasteiger partial charge in [-0.05, 0) is 24.5 Å². The van der Waals surface area contributed by atoms with Gasteiger partial charge in [-0.1, -0.05) is 20.8 Å². The Bertz CT molecular complexity index is 350. The molecule has 0 spiro atoms. The Labute approximate surface area is 105 Å². The summed E-state index contributed by atoms with van der Waals surface area (Å²) in [5.74, 6) is 1.43. The van der Waals surface area contributed by atoms with Gasteiger partial charge < -0.3 is 15.4 Å². The molecular formula is C14H24N2O. The van der Waals surface area contributed by atoms with E-state index >= 15 is 0 Å². The van der Waals surface area contributed by atoms with E-state index in [-0.39, 0.29) is 0 Å². The number of nitrogen functional groups attached to an aromatic ring is 1. The van der Waals surface area contributed by atoms with Crippen molar-refractivity contribution in [3.05, 3.63) is 18.2 Å². The van der Waals surface area contributed by atoms with Crippen molar-refractivity contribution < 1.29 is 4.74 Å². The summed E-state index contributed by atoms with van der Waals surface area (Å²) in [6.07, 6.45) is 0.992. The lowest BCUT2D eigenvalue weighted by Crippen LogP contribution is -2.22. The molecule has 3 heteroatoms. The average Bonchev–Trinajstić information content (AvgIpc) is 2.27. The Morgan fingerprint density at radius 1 is 1.35 bits per heavy atom. The van der Waals surface area contributed by atoms with Crippen molar-refractivity contribution in [3.8, 4) is 5.75 Å². The van der Waals surface area contributed by atoms with Crippen LogP contribution in [0.5, 0.6) is 5.75 Å².